The van der Waals surface area contributed by atoms with Crippen LogP contribution in [0.3, 0.4) is 0 Å². The summed E-state index contributed by atoms with van der Waals surface area (Å²) in [6, 6.07) is 4.24. The summed E-state index contributed by atoms with van der Waals surface area (Å²) in [5, 5.41) is 158. The molecule has 7 aromatic rings. The lowest BCUT2D eigenvalue weighted by Crippen LogP contribution is -2.66. The van der Waals surface area contributed by atoms with Crippen LogP contribution in [0.1, 0.15) is 147 Å². The van der Waals surface area contributed by atoms with E-state index in [0.717, 1.165) is 118 Å². The van der Waals surface area contributed by atoms with Gasteiger partial charge < -0.3 is 142 Å². The number of hydrogen-bond donors (Lipinski definition) is 20. The summed E-state index contributed by atoms with van der Waals surface area (Å²) in [4.78, 5) is 148. The maximum absolute atomic E-state index is 16.7. The van der Waals surface area contributed by atoms with E-state index in [-0.39, 0.29) is 40.4 Å². The average Bonchev–Trinajstić information content (AvgIpc) is 0.758. The molecular weight excluding hydrogens is 1670 g/mol. The number of aromatic hydroxyl groups is 4. The Labute approximate surface area is 714 Å². The number of nitrogens with one attached hydrogen (secondary N) is 8. The number of carboxylic acids is 2. The first kappa shape index (κ1) is 89.4. The lowest BCUT2D eigenvalue weighted by Gasteiger charge is -2.41. The topological polar surface area (TPSA) is 584 Å². The molecule has 8 heterocycles. The van der Waals surface area contributed by atoms with Crippen molar-refractivity contribution in [2.24, 2.45) is 0 Å². The van der Waals surface area contributed by atoms with E-state index in [1.807, 2.05) is 0 Å². The molecule has 17 bridgehead atoms. The summed E-state index contributed by atoms with van der Waals surface area (Å²) in [5.74, 6) is -20.6. The zero-order chi connectivity index (χ0) is 89.0. The molecule has 18 atom stereocenters. The number of unbranched alkanes of at least 4 members (excludes halogenated alkanes) is 7. The molecule has 658 valence electrons. The van der Waals surface area contributed by atoms with Gasteiger partial charge in [-0.25, -0.2) is 9.59 Å². The van der Waals surface area contributed by atoms with E-state index < -0.39 is 277 Å². The highest BCUT2D eigenvalue weighted by Crippen LogP contribution is 2.50. The van der Waals surface area contributed by atoms with E-state index >= 15 is 24.0 Å². The molecule has 7 amide bonds. The Balaban J connectivity index is 1.04. The molecule has 2 saturated heterocycles. The highest BCUT2D eigenvalue weighted by molar-refractivity contribution is 6.33. The number of halogens is 2. The number of ether oxygens (including phenoxy) is 8. The molecule has 124 heavy (non-hydrogen) atoms. The molecule has 0 aliphatic carbocycles. The number of aliphatic carboxylic acids is 2. The summed E-state index contributed by atoms with van der Waals surface area (Å²) in [6.45, 7) is 2.33. The van der Waals surface area contributed by atoms with Gasteiger partial charge in [-0.2, -0.15) is 0 Å². The van der Waals surface area contributed by atoms with E-state index in [1.165, 1.54) is 49.5 Å². The molecule has 8 aliphatic rings. The van der Waals surface area contributed by atoms with Gasteiger partial charge in [-0.15, -0.1) is 0 Å². The van der Waals surface area contributed by atoms with Gasteiger partial charge >= 0.3 is 17.9 Å². The van der Waals surface area contributed by atoms with Crippen molar-refractivity contribution in [3.8, 4) is 80.1 Å². The monoisotopic (exact) mass is 1760 g/mol. The van der Waals surface area contributed by atoms with Gasteiger partial charge in [-0.05, 0) is 114 Å². The average molecular weight is 1760 g/mol. The van der Waals surface area contributed by atoms with Crippen molar-refractivity contribution in [1.82, 2.24) is 42.5 Å². The summed E-state index contributed by atoms with van der Waals surface area (Å²) in [5.41, 5.74) is -3.38. The van der Waals surface area contributed by atoms with Crippen molar-refractivity contribution in [2.45, 2.75) is 188 Å². The normalized spacial score (nSPS) is 26.2. The molecule has 7 aromatic carbocycles. The van der Waals surface area contributed by atoms with Crippen LogP contribution in [0.2, 0.25) is 10.0 Å². The van der Waals surface area contributed by atoms with Crippen molar-refractivity contribution in [1.29, 1.82) is 0 Å². The Morgan fingerprint density at radius 1 is 0.524 bits per heavy atom. The SMILES string of the molecule is CCCCCCCCCCC(=O)N[C@@H]1[C@@H](Oc2c3cc4cc2Oc2ccc(cc2Cl)[C@@H](O)[C@@H]2NC(=O)[C@H](NC(=O)[C@@H]4NC(=O)[C@H]4NC(=O)[C@@H](Cc5ccc(cc5)O3)NC(=O)[C@@H](NC)c3ccc(O)c(c3)Oc3cc(O)c(Cl)c4c3)c3ccc(O)c(c3)-c3c(O[C@H]4O[C@H](COC(C)=O)[C@@H](O)[C@H](O)[C@@H]4O)cc(O)cc3[C@@H](C(=O)O)NC2=O)O[C@@H](C(=O)O)[C@H](O)[C@H]1O. The van der Waals surface area contributed by atoms with Crippen LogP contribution in [0, 0.1) is 0 Å². The van der Waals surface area contributed by atoms with Crippen LogP contribution in [0.5, 0.6) is 69.0 Å². The molecule has 38 nitrogen and oxygen atoms in total. The van der Waals surface area contributed by atoms with Gasteiger partial charge in [0.15, 0.2) is 35.1 Å². The Morgan fingerprint density at radius 3 is 1.85 bits per heavy atom. The van der Waals surface area contributed by atoms with Crippen LogP contribution in [-0.4, -0.2) is 208 Å². The van der Waals surface area contributed by atoms with Crippen LogP contribution < -0.4 is 66.2 Å². The van der Waals surface area contributed by atoms with Crippen molar-refractivity contribution < 1.29 is 147 Å². The largest absolute Gasteiger partial charge is 0.508 e. The Kier molecular flexibility index (Phi) is 27.5. The molecule has 20 N–H and O–H groups in total. The molecule has 0 saturated carbocycles. The third-order valence-electron chi connectivity index (χ3n) is 21.7. The number of hydrogen-bond acceptors (Lipinski definition) is 29. The maximum Gasteiger partial charge on any atom is 0.335 e. The minimum Gasteiger partial charge on any atom is -0.508 e. The number of fused-ring (bicyclic) bond motifs is 14. The molecule has 40 heteroatoms. The van der Waals surface area contributed by atoms with E-state index in [0.29, 0.717) is 12.8 Å². The number of esters is 1. The summed E-state index contributed by atoms with van der Waals surface area (Å²) < 4.78 is 49.2. The number of phenolic OH excluding ortho intramolecular Hbond substituents is 4. The predicted molar refractivity (Wildman–Crippen MR) is 429 cm³/mol. The Hall–Kier alpha value is -12.3. The van der Waals surface area contributed by atoms with Crippen LogP contribution in [0.4, 0.5) is 0 Å². The van der Waals surface area contributed by atoms with E-state index in [4.69, 9.17) is 61.1 Å². The Bertz CT molecular complexity index is 5300. The zero-order valence-electron chi connectivity index (χ0n) is 66.1. The molecule has 0 aromatic heterocycles. The fourth-order valence-electron chi connectivity index (χ4n) is 15.3. The first-order chi connectivity index (χ1) is 59.2. The van der Waals surface area contributed by atoms with Crippen LogP contribution in [0.25, 0.3) is 11.1 Å². The maximum atomic E-state index is 16.7. The van der Waals surface area contributed by atoms with Gasteiger partial charge in [-0.3, -0.25) is 38.4 Å². The zero-order valence-corrected chi connectivity index (χ0v) is 67.6. The number of carboxylic acid groups (broad SMARTS) is 2. The minimum absolute atomic E-state index is 0.154. The first-order valence-electron chi connectivity index (χ1n) is 39.4. The fourth-order valence-corrected chi connectivity index (χ4v) is 15.7. The summed E-state index contributed by atoms with van der Waals surface area (Å²) in [7, 11) is 1.42. The van der Waals surface area contributed by atoms with Gasteiger partial charge in [0.05, 0.1) is 10.0 Å². The molecule has 15 rings (SSSR count). The second kappa shape index (κ2) is 38.2. The molecule has 0 spiro atoms. The molecule has 0 unspecified atom stereocenters. The number of likely N-dealkylation sites (N-methyl/N-ethyl adjacent to an activating group) is 1. The van der Waals surface area contributed by atoms with Crippen LogP contribution in [0.15, 0.2) is 115 Å². The summed E-state index contributed by atoms with van der Waals surface area (Å²) in [6.07, 6.45) is -15.5. The van der Waals surface area contributed by atoms with Crippen molar-refractivity contribution in [3.05, 3.63) is 164 Å². The van der Waals surface area contributed by atoms with Crippen molar-refractivity contribution in [2.75, 3.05) is 13.7 Å². The van der Waals surface area contributed by atoms with Crippen molar-refractivity contribution in [3.63, 3.8) is 0 Å². The highest BCUT2D eigenvalue weighted by atomic mass is 35.5. The second-order valence-electron chi connectivity index (χ2n) is 30.4. The van der Waals surface area contributed by atoms with Gasteiger partial charge in [0, 0.05) is 54.2 Å². The van der Waals surface area contributed by atoms with E-state index in [1.54, 1.807) is 0 Å². The predicted octanol–water partition coefficient (Wildman–Crippen LogP) is 4.51. The number of phenols is 4. The molecule has 2 fully saturated rings. The third-order valence-corrected chi connectivity index (χ3v) is 22.4. The quantitative estimate of drug-likeness (QED) is 0.0391. The number of carbonyl (C=O) groups is 10. The minimum atomic E-state index is -2.48. The third kappa shape index (κ3) is 19.5. The van der Waals surface area contributed by atoms with Crippen molar-refractivity contribution >= 4 is 82.5 Å². The number of carbonyl (C=O) groups excluding carboxylic acids is 8. The molecular formula is C84H88Cl2N8O30. The number of aliphatic hydroxyl groups excluding tert-OH is 6. The molecule has 8 aliphatic heterocycles. The second-order valence-corrected chi connectivity index (χ2v) is 31.2. The van der Waals surface area contributed by atoms with E-state index in [2.05, 4.69) is 49.5 Å². The summed E-state index contributed by atoms with van der Waals surface area (Å²) >= 11 is 14.2. The highest BCUT2D eigenvalue weighted by Gasteiger charge is 2.52. The lowest BCUT2D eigenvalue weighted by molar-refractivity contribution is -0.278. The fraction of sp³-hybridized carbons (Fsp3) is 0.381. The number of benzene rings is 7. The van der Waals surface area contributed by atoms with Gasteiger partial charge in [0.25, 0.3) is 0 Å². The Morgan fingerprint density at radius 2 is 1.16 bits per heavy atom. The van der Waals surface area contributed by atoms with Gasteiger partial charge in [0.2, 0.25) is 59.7 Å². The lowest BCUT2D eigenvalue weighted by atomic mass is 9.89. The number of amides is 7. The standard InChI is InChI=1S/C84H88Cl2N8O30/c1-4-5-6-7-8-9-10-11-12-57(100)89-66-69(103)71(105)74(82(115)116)124-83(66)123-73-54-27-39-28-55(73)120-51-22-17-38(25-46(51)85)67(101)65-80(112)93-64(81(113)114)44-29-40(96)30-53(121-84-72(106)70(104)68(102)56(122-84)33-117-34(2)95)58(44)43-24-36(15-20-48(43)97)61(77(109)94-65)90-78(110)62(39)91-79(111)63-45-31-42(32-50(99)59(45)86)119-52-26-37(16-21-49(52)98)60(87-3)76(108)88-47(75(107)92-63)23-35-13-18-41(118-54)19-14-35/h13-22,24-32,47,56,60-72,74,83-84,87,96-99,101-106H,4-12,23,33H2,1-3H3,(H,88,108)(H,89,100)(H,90,110)(H,91,111)(H,92,107)(H,93,112)(H,94,109)(H,113,114)(H,115,116)/t47-,56-,60+,61-,62-,63+,64+,65+,66+,67-,68-,69+,70+,71-,72+,74-,83+,84+/m1/s1. The number of rotatable bonds is 19. The van der Waals surface area contributed by atoms with Crippen LogP contribution >= 0.6 is 23.2 Å². The van der Waals surface area contributed by atoms with Crippen LogP contribution in [-0.2, 0) is 68.6 Å². The number of aliphatic hydroxyl groups is 6. The van der Waals surface area contributed by atoms with Gasteiger partial charge in [0.1, 0.15) is 132 Å². The van der Waals surface area contributed by atoms with E-state index in [9.17, 15) is 85.3 Å². The van der Waals surface area contributed by atoms with Gasteiger partial charge in [-0.1, -0.05) is 105 Å². The smallest absolute Gasteiger partial charge is 0.335 e. The molecule has 0 radical (unpaired) electrons. The first-order valence-corrected chi connectivity index (χ1v) is 40.2.